The third-order valence-corrected chi connectivity index (χ3v) is 5.42. The fourth-order valence-corrected chi connectivity index (χ4v) is 3.71. The molecule has 144 valence electrons. The van der Waals surface area contributed by atoms with E-state index in [2.05, 4.69) is 20.3 Å². The average Bonchev–Trinajstić information content (AvgIpc) is 3.13. The summed E-state index contributed by atoms with van der Waals surface area (Å²) in [5.41, 5.74) is 3.18. The molecule has 1 amide bonds. The van der Waals surface area contributed by atoms with Gasteiger partial charge >= 0.3 is 0 Å². The number of carbonyl (C=O) groups excluding carboxylic acids is 1. The van der Waals surface area contributed by atoms with Gasteiger partial charge in [0.2, 0.25) is 11.9 Å². The van der Waals surface area contributed by atoms with E-state index in [9.17, 15) is 4.79 Å². The molecule has 1 N–H and O–H groups in total. The van der Waals surface area contributed by atoms with Crippen LogP contribution in [0.25, 0.3) is 0 Å². The number of nitrogens with one attached hydrogen (secondary N) is 1. The second-order valence-electron chi connectivity index (χ2n) is 7.31. The number of ether oxygens (including phenoxy) is 1. The summed E-state index contributed by atoms with van der Waals surface area (Å²) in [5, 5.41) is 7.41. The molecule has 2 aromatic heterocycles. The minimum absolute atomic E-state index is 0.0188. The SMILES string of the molecule is Cc1ccnn1[C@H](C)C(=O)NC1CCN(c2ncc3c(n2)CCOC3)CC1. The van der Waals surface area contributed by atoms with Crippen molar-refractivity contribution in [2.45, 2.75) is 51.8 Å². The first-order valence-electron chi connectivity index (χ1n) is 9.60. The summed E-state index contributed by atoms with van der Waals surface area (Å²) in [6.07, 6.45) is 6.24. The van der Waals surface area contributed by atoms with E-state index in [1.165, 1.54) is 0 Å². The summed E-state index contributed by atoms with van der Waals surface area (Å²) in [6.45, 7) is 6.86. The number of rotatable bonds is 4. The van der Waals surface area contributed by atoms with Gasteiger partial charge in [-0.05, 0) is 32.8 Å². The standard InChI is InChI=1S/C19H26N6O2/c1-13-3-7-21-25(13)14(2)18(26)22-16-4-8-24(9-5-16)19-20-11-15-12-27-10-6-17(15)23-19/h3,7,11,14,16H,4-6,8-10,12H2,1-2H3,(H,22,26)/t14-/m1/s1. The Labute approximate surface area is 158 Å². The second-order valence-corrected chi connectivity index (χ2v) is 7.31. The fraction of sp³-hybridized carbons (Fsp3) is 0.579. The summed E-state index contributed by atoms with van der Waals surface area (Å²) in [7, 11) is 0. The van der Waals surface area contributed by atoms with Crippen LogP contribution in [-0.4, -0.2) is 51.4 Å². The highest BCUT2D eigenvalue weighted by Gasteiger charge is 2.25. The lowest BCUT2D eigenvalue weighted by Crippen LogP contribution is -2.47. The van der Waals surface area contributed by atoms with Crippen LogP contribution in [-0.2, 0) is 22.6 Å². The molecule has 0 saturated carbocycles. The molecule has 1 atom stereocenters. The summed E-state index contributed by atoms with van der Waals surface area (Å²) in [6, 6.07) is 1.79. The maximum absolute atomic E-state index is 12.6. The van der Waals surface area contributed by atoms with Gasteiger partial charge < -0.3 is 15.0 Å². The van der Waals surface area contributed by atoms with Crippen LogP contribution in [0.15, 0.2) is 18.5 Å². The number of anilines is 1. The highest BCUT2D eigenvalue weighted by molar-refractivity contribution is 5.80. The molecule has 8 heteroatoms. The highest BCUT2D eigenvalue weighted by atomic mass is 16.5. The lowest BCUT2D eigenvalue weighted by Gasteiger charge is -2.33. The van der Waals surface area contributed by atoms with E-state index in [-0.39, 0.29) is 18.0 Å². The summed E-state index contributed by atoms with van der Waals surface area (Å²) < 4.78 is 7.20. The minimum atomic E-state index is -0.302. The quantitative estimate of drug-likeness (QED) is 0.876. The van der Waals surface area contributed by atoms with Crippen molar-refractivity contribution in [2.75, 3.05) is 24.6 Å². The number of aromatic nitrogens is 4. The Hall–Kier alpha value is -2.48. The van der Waals surface area contributed by atoms with Gasteiger partial charge in [-0.25, -0.2) is 9.97 Å². The van der Waals surface area contributed by atoms with Gasteiger partial charge in [-0.3, -0.25) is 9.48 Å². The first-order valence-corrected chi connectivity index (χ1v) is 9.60. The van der Waals surface area contributed by atoms with Crippen LogP contribution in [0.2, 0.25) is 0 Å². The van der Waals surface area contributed by atoms with Gasteiger partial charge in [-0.1, -0.05) is 0 Å². The molecule has 4 heterocycles. The number of aryl methyl sites for hydroxylation is 1. The number of amides is 1. The van der Waals surface area contributed by atoms with Crippen molar-refractivity contribution in [3.63, 3.8) is 0 Å². The van der Waals surface area contributed by atoms with Crippen molar-refractivity contribution in [3.8, 4) is 0 Å². The summed E-state index contributed by atoms with van der Waals surface area (Å²) >= 11 is 0. The van der Waals surface area contributed by atoms with Gasteiger partial charge in [0.25, 0.3) is 0 Å². The molecule has 1 saturated heterocycles. The predicted octanol–water partition coefficient (Wildman–Crippen LogP) is 1.40. The molecule has 2 aliphatic heterocycles. The van der Waals surface area contributed by atoms with Crippen LogP contribution in [0.3, 0.4) is 0 Å². The van der Waals surface area contributed by atoms with Gasteiger partial charge in [0.1, 0.15) is 6.04 Å². The largest absolute Gasteiger partial charge is 0.376 e. The normalized spacial score (nSPS) is 18.8. The molecule has 27 heavy (non-hydrogen) atoms. The third-order valence-electron chi connectivity index (χ3n) is 5.42. The molecular weight excluding hydrogens is 344 g/mol. The Bertz CT molecular complexity index is 812. The van der Waals surface area contributed by atoms with E-state index in [1.807, 2.05) is 26.1 Å². The Balaban J connectivity index is 1.32. The fourth-order valence-electron chi connectivity index (χ4n) is 3.71. The molecule has 0 unspecified atom stereocenters. The highest BCUT2D eigenvalue weighted by Crippen LogP contribution is 2.20. The molecule has 2 aromatic rings. The zero-order chi connectivity index (χ0) is 18.8. The second kappa shape index (κ2) is 7.64. The smallest absolute Gasteiger partial charge is 0.244 e. The average molecular weight is 370 g/mol. The number of piperidine rings is 1. The zero-order valence-corrected chi connectivity index (χ0v) is 15.9. The van der Waals surface area contributed by atoms with Gasteiger partial charge in [0.15, 0.2) is 0 Å². The lowest BCUT2D eigenvalue weighted by atomic mass is 10.0. The lowest BCUT2D eigenvalue weighted by molar-refractivity contribution is -0.125. The molecular formula is C19H26N6O2. The number of hydrogen-bond acceptors (Lipinski definition) is 6. The topological polar surface area (TPSA) is 85.2 Å². The molecule has 4 rings (SSSR count). The number of carbonyl (C=O) groups is 1. The molecule has 0 spiro atoms. The number of hydrogen-bond donors (Lipinski definition) is 1. The van der Waals surface area contributed by atoms with Gasteiger partial charge in [-0.2, -0.15) is 5.10 Å². The maximum Gasteiger partial charge on any atom is 0.244 e. The molecule has 2 aliphatic rings. The molecule has 0 aromatic carbocycles. The number of nitrogens with zero attached hydrogens (tertiary/aromatic N) is 5. The van der Waals surface area contributed by atoms with Crippen molar-refractivity contribution >= 4 is 11.9 Å². The molecule has 0 aliphatic carbocycles. The van der Waals surface area contributed by atoms with Crippen LogP contribution in [0.4, 0.5) is 5.95 Å². The van der Waals surface area contributed by atoms with E-state index in [0.29, 0.717) is 6.61 Å². The Morgan fingerprint density at radius 1 is 1.37 bits per heavy atom. The van der Waals surface area contributed by atoms with Crippen molar-refractivity contribution in [3.05, 3.63) is 35.4 Å². The predicted molar refractivity (Wildman–Crippen MR) is 100 cm³/mol. The van der Waals surface area contributed by atoms with E-state index >= 15 is 0 Å². The Morgan fingerprint density at radius 3 is 2.93 bits per heavy atom. The Morgan fingerprint density at radius 2 is 2.19 bits per heavy atom. The monoisotopic (exact) mass is 370 g/mol. The van der Waals surface area contributed by atoms with Crippen molar-refractivity contribution < 1.29 is 9.53 Å². The van der Waals surface area contributed by atoms with Crippen LogP contribution in [0, 0.1) is 6.92 Å². The van der Waals surface area contributed by atoms with Crippen molar-refractivity contribution in [2.24, 2.45) is 0 Å². The summed E-state index contributed by atoms with van der Waals surface area (Å²) in [5.74, 6) is 0.811. The zero-order valence-electron chi connectivity index (χ0n) is 15.9. The van der Waals surface area contributed by atoms with Crippen LogP contribution in [0.1, 0.15) is 42.8 Å². The number of fused-ring (bicyclic) bond motifs is 1. The molecule has 0 bridgehead atoms. The Kier molecular flexibility index (Phi) is 5.07. The van der Waals surface area contributed by atoms with Crippen LogP contribution in [0.5, 0.6) is 0 Å². The maximum atomic E-state index is 12.6. The van der Waals surface area contributed by atoms with E-state index < -0.39 is 0 Å². The van der Waals surface area contributed by atoms with E-state index in [0.717, 1.165) is 61.9 Å². The third kappa shape index (κ3) is 3.80. The van der Waals surface area contributed by atoms with Crippen LogP contribution < -0.4 is 10.2 Å². The van der Waals surface area contributed by atoms with Gasteiger partial charge in [0.05, 0.1) is 18.9 Å². The van der Waals surface area contributed by atoms with Crippen molar-refractivity contribution in [1.82, 2.24) is 25.1 Å². The molecule has 0 radical (unpaired) electrons. The molecule has 1 fully saturated rings. The minimum Gasteiger partial charge on any atom is -0.376 e. The first-order chi connectivity index (χ1) is 13.1. The van der Waals surface area contributed by atoms with Gasteiger partial charge in [0, 0.05) is 49.2 Å². The van der Waals surface area contributed by atoms with Gasteiger partial charge in [-0.15, -0.1) is 0 Å². The van der Waals surface area contributed by atoms with E-state index in [1.54, 1.807) is 10.9 Å². The van der Waals surface area contributed by atoms with Crippen LogP contribution >= 0.6 is 0 Å². The van der Waals surface area contributed by atoms with E-state index in [4.69, 9.17) is 9.72 Å². The molecule has 8 nitrogen and oxygen atoms in total. The van der Waals surface area contributed by atoms with Crippen molar-refractivity contribution in [1.29, 1.82) is 0 Å². The first kappa shape index (κ1) is 17.9. The summed E-state index contributed by atoms with van der Waals surface area (Å²) in [4.78, 5) is 24.0.